The first-order valence-electron chi connectivity index (χ1n) is 6.57. The molecule has 0 spiro atoms. The van der Waals surface area contributed by atoms with Crippen molar-refractivity contribution in [1.29, 1.82) is 0 Å². The van der Waals surface area contributed by atoms with Crippen LogP contribution >= 0.6 is 0 Å². The molecule has 5 nitrogen and oxygen atoms in total. The van der Waals surface area contributed by atoms with E-state index in [1.807, 2.05) is 0 Å². The van der Waals surface area contributed by atoms with E-state index in [4.69, 9.17) is 13.9 Å². The van der Waals surface area contributed by atoms with Gasteiger partial charge in [-0.1, -0.05) is 24.3 Å². The van der Waals surface area contributed by atoms with Crippen molar-refractivity contribution in [2.75, 3.05) is 7.11 Å². The fourth-order valence-corrected chi connectivity index (χ4v) is 2.06. The zero-order valence-corrected chi connectivity index (χ0v) is 11.7. The van der Waals surface area contributed by atoms with E-state index in [-0.39, 0.29) is 16.9 Å². The lowest BCUT2D eigenvalue weighted by molar-refractivity contribution is 0.0697. The average Bonchev–Trinajstić information content (AvgIpc) is 2.55. The molecule has 0 amide bonds. The van der Waals surface area contributed by atoms with Crippen LogP contribution in [0.5, 0.6) is 11.5 Å². The second-order valence-electron chi connectivity index (χ2n) is 4.51. The number of benzene rings is 2. The molecule has 1 aromatic heterocycles. The summed E-state index contributed by atoms with van der Waals surface area (Å²) in [4.78, 5) is 24.2. The zero-order chi connectivity index (χ0) is 15.5. The summed E-state index contributed by atoms with van der Waals surface area (Å²) in [6, 6.07) is 14.6. The summed E-state index contributed by atoms with van der Waals surface area (Å²) in [5.41, 5.74) is 0.0378. The van der Waals surface area contributed by atoms with Crippen LogP contribution in [0.3, 0.4) is 0 Å². The van der Waals surface area contributed by atoms with Crippen molar-refractivity contribution < 1.29 is 18.7 Å². The van der Waals surface area contributed by atoms with Crippen LogP contribution in [0, 0.1) is 0 Å². The van der Waals surface area contributed by atoms with E-state index in [1.165, 1.54) is 7.11 Å². The molecule has 110 valence electrons. The molecule has 0 bridgehead atoms. The number of rotatable bonds is 3. The van der Waals surface area contributed by atoms with Crippen LogP contribution in [0.4, 0.5) is 0 Å². The fourth-order valence-electron chi connectivity index (χ4n) is 2.06. The molecule has 0 saturated heterocycles. The molecular weight excluding hydrogens is 284 g/mol. The molecule has 0 fully saturated rings. The highest BCUT2D eigenvalue weighted by molar-refractivity contribution is 5.90. The maximum absolute atomic E-state index is 12.2. The lowest BCUT2D eigenvalue weighted by Gasteiger charge is -2.08. The van der Waals surface area contributed by atoms with Crippen LogP contribution in [0.25, 0.3) is 11.0 Å². The van der Waals surface area contributed by atoms with Crippen molar-refractivity contribution in [3.8, 4) is 11.5 Å². The average molecular weight is 296 g/mol. The molecule has 5 heteroatoms. The van der Waals surface area contributed by atoms with Gasteiger partial charge in [-0.2, -0.15) is 0 Å². The predicted octanol–water partition coefficient (Wildman–Crippen LogP) is 3.02. The quantitative estimate of drug-likeness (QED) is 0.549. The largest absolute Gasteiger partial charge is 0.493 e. The van der Waals surface area contributed by atoms with E-state index < -0.39 is 5.97 Å². The van der Waals surface area contributed by atoms with Crippen molar-refractivity contribution in [2.24, 2.45) is 0 Å². The summed E-state index contributed by atoms with van der Waals surface area (Å²) in [5, 5.41) is 0.413. The van der Waals surface area contributed by atoms with Crippen molar-refractivity contribution in [3.63, 3.8) is 0 Å². The smallest absolute Gasteiger partial charge is 0.379 e. The number of ether oxygens (including phenoxy) is 2. The van der Waals surface area contributed by atoms with E-state index in [0.717, 1.165) is 6.07 Å². The Morgan fingerprint density at radius 1 is 1.00 bits per heavy atom. The lowest BCUT2D eigenvalue weighted by atomic mass is 10.2. The van der Waals surface area contributed by atoms with Crippen LogP contribution in [0.2, 0.25) is 0 Å². The number of hydrogen-bond acceptors (Lipinski definition) is 5. The third kappa shape index (κ3) is 2.56. The van der Waals surface area contributed by atoms with E-state index >= 15 is 0 Å². The first kappa shape index (κ1) is 13.9. The van der Waals surface area contributed by atoms with Gasteiger partial charge in [0.2, 0.25) is 5.76 Å². The molecule has 2 aromatic carbocycles. The van der Waals surface area contributed by atoms with Gasteiger partial charge in [-0.25, -0.2) is 4.79 Å². The molecule has 3 aromatic rings. The number of esters is 1. The molecular formula is C17H12O5. The SMILES string of the molecule is COc1ccccc1OC(=O)c1cc(=O)c2ccccc2o1. The Kier molecular flexibility index (Phi) is 3.62. The van der Waals surface area contributed by atoms with Gasteiger partial charge in [-0.15, -0.1) is 0 Å². The Labute approximate surface area is 125 Å². The number of fused-ring (bicyclic) bond motifs is 1. The van der Waals surface area contributed by atoms with E-state index in [9.17, 15) is 9.59 Å². The van der Waals surface area contributed by atoms with E-state index in [0.29, 0.717) is 16.7 Å². The van der Waals surface area contributed by atoms with Crippen molar-refractivity contribution in [2.45, 2.75) is 0 Å². The standard InChI is InChI=1S/C17H12O5/c1-20-14-8-4-5-9-15(14)22-17(19)16-10-12(18)11-6-2-3-7-13(11)21-16/h2-10H,1H3. The highest BCUT2D eigenvalue weighted by atomic mass is 16.6. The third-order valence-corrected chi connectivity index (χ3v) is 3.11. The van der Waals surface area contributed by atoms with Gasteiger partial charge < -0.3 is 13.9 Å². The summed E-state index contributed by atoms with van der Waals surface area (Å²) in [7, 11) is 1.48. The maximum atomic E-state index is 12.2. The molecule has 0 radical (unpaired) electrons. The normalized spacial score (nSPS) is 10.4. The van der Waals surface area contributed by atoms with E-state index in [1.54, 1.807) is 48.5 Å². The molecule has 0 atom stereocenters. The van der Waals surface area contributed by atoms with Gasteiger partial charge in [0.15, 0.2) is 16.9 Å². The molecule has 0 aliphatic carbocycles. The molecule has 0 aliphatic heterocycles. The number of methoxy groups -OCH3 is 1. The Balaban J connectivity index is 1.97. The highest BCUT2D eigenvalue weighted by Gasteiger charge is 2.16. The summed E-state index contributed by atoms with van der Waals surface area (Å²) < 4.78 is 15.8. The number of hydrogen-bond donors (Lipinski definition) is 0. The summed E-state index contributed by atoms with van der Waals surface area (Å²) in [6.07, 6.45) is 0. The lowest BCUT2D eigenvalue weighted by Crippen LogP contribution is -2.13. The molecule has 0 saturated carbocycles. The second-order valence-corrected chi connectivity index (χ2v) is 4.51. The van der Waals surface area contributed by atoms with Crippen molar-refractivity contribution in [3.05, 3.63) is 70.6 Å². The first-order chi connectivity index (χ1) is 10.7. The molecule has 0 N–H and O–H groups in total. The monoisotopic (exact) mass is 296 g/mol. The Morgan fingerprint density at radius 3 is 2.45 bits per heavy atom. The van der Waals surface area contributed by atoms with Gasteiger partial charge in [-0.3, -0.25) is 4.79 Å². The predicted molar refractivity (Wildman–Crippen MR) is 80.4 cm³/mol. The van der Waals surface area contributed by atoms with E-state index in [2.05, 4.69) is 0 Å². The topological polar surface area (TPSA) is 65.7 Å². The van der Waals surface area contributed by atoms with Gasteiger partial charge in [0.1, 0.15) is 5.58 Å². The Bertz CT molecular complexity index is 895. The molecule has 0 unspecified atom stereocenters. The minimum atomic E-state index is -0.757. The second kappa shape index (κ2) is 5.73. The summed E-state index contributed by atoms with van der Waals surface area (Å²) in [6.45, 7) is 0. The number of para-hydroxylation sites is 3. The van der Waals surface area contributed by atoms with Crippen LogP contribution in [-0.2, 0) is 0 Å². The number of carbonyl (C=O) groups excluding carboxylic acids is 1. The van der Waals surface area contributed by atoms with Crippen molar-refractivity contribution >= 4 is 16.9 Å². The number of carbonyl (C=O) groups is 1. The third-order valence-electron chi connectivity index (χ3n) is 3.11. The van der Waals surface area contributed by atoms with Crippen LogP contribution in [0.15, 0.2) is 63.8 Å². The molecule has 3 rings (SSSR count). The fraction of sp³-hybridized carbons (Fsp3) is 0.0588. The summed E-state index contributed by atoms with van der Waals surface area (Å²) >= 11 is 0. The Hall–Kier alpha value is -3.08. The maximum Gasteiger partial charge on any atom is 0.379 e. The van der Waals surface area contributed by atoms with Crippen LogP contribution < -0.4 is 14.9 Å². The minimum Gasteiger partial charge on any atom is -0.493 e. The van der Waals surface area contributed by atoms with Crippen LogP contribution in [-0.4, -0.2) is 13.1 Å². The highest BCUT2D eigenvalue weighted by Crippen LogP contribution is 2.26. The van der Waals surface area contributed by atoms with Gasteiger partial charge in [-0.05, 0) is 24.3 Å². The van der Waals surface area contributed by atoms with Gasteiger partial charge >= 0.3 is 5.97 Å². The van der Waals surface area contributed by atoms with Gasteiger partial charge in [0.05, 0.1) is 12.5 Å². The molecule has 1 heterocycles. The van der Waals surface area contributed by atoms with Gasteiger partial charge in [0.25, 0.3) is 0 Å². The molecule has 22 heavy (non-hydrogen) atoms. The minimum absolute atomic E-state index is 0.158. The zero-order valence-electron chi connectivity index (χ0n) is 11.7. The molecule has 0 aliphatic rings. The summed E-state index contributed by atoms with van der Waals surface area (Å²) in [5.74, 6) is -0.244. The van der Waals surface area contributed by atoms with Crippen molar-refractivity contribution in [1.82, 2.24) is 0 Å². The van der Waals surface area contributed by atoms with Crippen LogP contribution in [0.1, 0.15) is 10.6 Å². The Morgan fingerprint density at radius 2 is 1.68 bits per heavy atom. The van der Waals surface area contributed by atoms with Gasteiger partial charge in [0, 0.05) is 6.07 Å². The first-order valence-corrected chi connectivity index (χ1v) is 6.57.